The lowest BCUT2D eigenvalue weighted by Gasteiger charge is -2.12. The highest BCUT2D eigenvalue weighted by atomic mass is 16.6. The highest BCUT2D eigenvalue weighted by Gasteiger charge is 2.18. The molecular formula is C19H19N3O4. The topological polar surface area (TPSA) is 99.5 Å². The van der Waals surface area contributed by atoms with Gasteiger partial charge in [0.1, 0.15) is 5.75 Å². The molecule has 2 N–H and O–H groups in total. The molecule has 26 heavy (non-hydrogen) atoms. The number of fused-ring (bicyclic) bond motifs is 1. The van der Waals surface area contributed by atoms with Crippen molar-refractivity contribution in [3.05, 3.63) is 68.6 Å². The molecule has 3 aromatic rings. The first-order valence-electron chi connectivity index (χ1n) is 8.14. The van der Waals surface area contributed by atoms with E-state index in [9.17, 15) is 20.0 Å². The van der Waals surface area contributed by atoms with E-state index in [-0.39, 0.29) is 17.0 Å². The number of hydrogen-bond donors (Lipinski definition) is 2. The minimum absolute atomic E-state index is 0.0270. The van der Waals surface area contributed by atoms with Crippen molar-refractivity contribution in [2.45, 2.75) is 6.42 Å². The summed E-state index contributed by atoms with van der Waals surface area (Å²) in [4.78, 5) is 27.7. The van der Waals surface area contributed by atoms with E-state index in [1.54, 1.807) is 24.3 Å². The zero-order valence-electron chi connectivity index (χ0n) is 14.5. The van der Waals surface area contributed by atoms with Crippen LogP contribution in [0, 0.1) is 10.1 Å². The Morgan fingerprint density at radius 3 is 2.69 bits per heavy atom. The molecule has 1 aromatic heterocycles. The average Bonchev–Trinajstić information content (AvgIpc) is 2.61. The van der Waals surface area contributed by atoms with E-state index < -0.39 is 4.92 Å². The molecule has 0 spiro atoms. The third kappa shape index (κ3) is 3.29. The molecule has 0 radical (unpaired) electrons. The first kappa shape index (κ1) is 17.6. The van der Waals surface area contributed by atoms with Crippen LogP contribution in [0.4, 0.5) is 5.69 Å². The monoisotopic (exact) mass is 353 g/mol. The second-order valence-corrected chi connectivity index (χ2v) is 6.39. The van der Waals surface area contributed by atoms with Crippen molar-refractivity contribution < 1.29 is 10.0 Å². The maximum Gasteiger partial charge on any atom is 0.273 e. The second kappa shape index (κ2) is 6.97. The van der Waals surface area contributed by atoms with Gasteiger partial charge in [-0.1, -0.05) is 18.2 Å². The minimum atomic E-state index is -0.401. The lowest BCUT2D eigenvalue weighted by Crippen LogP contribution is -2.15. The van der Waals surface area contributed by atoms with Gasteiger partial charge in [0, 0.05) is 35.3 Å². The molecule has 0 aliphatic heterocycles. The Balaban J connectivity index is 2.18. The largest absolute Gasteiger partial charge is 0.507 e. The van der Waals surface area contributed by atoms with Crippen LogP contribution in [0.1, 0.15) is 5.56 Å². The molecule has 0 aliphatic carbocycles. The molecule has 0 atom stereocenters. The summed E-state index contributed by atoms with van der Waals surface area (Å²) in [5.41, 5.74) is 1.45. The summed E-state index contributed by atoms with van der Waals surface area (Å²) >= 11 is 0. The van der Waals surface area contributed by atoms with Crippen molar-refractivity contribution in [1.29, 1.82) is 0 Å². The van der Waals surface area contributed by atoms with Crippen LogP contribution >= 0.6 is 0 Å². The van der Waals surface area contributed by atoms with Gasteiger partial charge in [-0.25, -0.2) is 0 Å². The number of aromatic nitrogens is 1. The number of hydrogen-bond acceptors (Lipinski definition) is 5. The molecule has 0 saturated heterocycles. The van der Waals surface area contributed by atoms with Crippen LogP contribution in [0.15, 0.2) is 47.4 Å². The van der Waals surface area contributed by atoms with Crippen LogP contribution in [-0.4, -0.2) is 40.6 Å². The van der Waals surface area contributed by atoms with E-state index in [2.05, 4.69) is 4.98 Å². The Morgan fingerprint density at radius 2 is 2.00 bits per heavy atom. The second-order valence-electron chi connectivity index (χ2n) is 6.39. The van der Waals surface area contributed by atoms with Crippen molar-refractivity contribution in [2.24, 2.45) is 0 Å². The fraction of sp³-hybridized carbons (Fsp3) is 0.211. The van der Waals surface area contributed by atoms with E-state index >= 15 is 0 Å². The molecule has 0 unspecified atom stereocenters. The number of rotatable bonds is 5. The van der Waals surface area contributed by atoms with E-state index in [4.69, 9.17) is 0 Å². The number of nitrogens with one attached hydrogen (secondary N) is 1. The molecule has 0 bridgehead atoms. The molecule has 0 fully saturated rings. The third-order valence-electron chi connectivity index (χ3n) is 4.33. The normalized spacial score (nSPS) is 11.2. The predicted octanol–water partition coefficient (Wildman–Crippen LogP) is 2.91. The Kier molecular flexibility index (Phi) is 4.73. The summed E-state index contributed by atoms with van der Waals surface area (Å²) < 4.78 is 0. The van der Waals surface area contributed by atoms with Crippen LogP contribution in [0.5, 0.6) is 5.75 Å². The van der Waals surface area contributed by atoms with Crippen LogP contribution in [-0.2, 0) is 6.42 Å². The number of aromatic hydroxyl groups is 1. The number of aromatic amines is 1. The minimum Gasteiger partial charge on any atom is -0.507 e. The van der Waals surface area contributed by atoms with Gasteiger partial charge in [0.05, 0.1) is 10.3 Å². The van der Waals surface area contributed by atoms with Crippen molar-refractivity contribution in [1.82, 2.24) is 9.88 Å². The van der Waals surface area contributed by atoms with Gasteiger partial charge in [-0.05, 0) is 38.2 Å². The molecule has 1 heterocycles. The number of nitrogens with zero attached hydrogens (tertiary/aromatic N) is 2. The average molecular weight is 353 g/mol. The zero-order chi connectivity index (χ0) is 18.8. The van der Waals surface area contributed by atoms with E-state index in [1.165, 1.54) is 18.3 Å². The van der Waals surface area contributed by atoms with Crippen molar-refractivity contribution in [3.63, 3.8) is 0 Å². The number of likely N-dealkylation sites (N-methyl/N-ethyl adjacent to an activating group) is 1. The molecule has 7 nitrogen and oxygen atoms in total. The molecule has 3 rings (SSSR count). The maximum absolute atomic E-state index is 12.0. The van der Waals surface area contributed by atoms with Gasteiger partial charge in [0.15, 0.2) is 0 Å². The van der Waals surface area contributed by atoms with Crippen molar-refractivity contribution in [2.75, 3.05) is 20.6 Å². The van der Waals surface area contributed by atoms with Crippen LogP contribution in [0.3, 0.4) is 0 Å². The summed E-state index contributed by atoms with van der Waals surface area (Å²) in [5.74, 6) is -0.0389. The zero-order valence-corrected chi connectivity index (χ0v) is 14.5. The number of benzene rings is 2. The van der Waals surface area contributed by atoms with Crippen LogP contribution in [0.25, 0.3) is 21.9 Å². The van der Waals surface area contributed by atoms with E-state index in [0.29, 0.717) is 40.4 Å². The van der Waals surface area contributed by atoms with Gasteiger partial charge in [0.25, 0.3) is 11.2 Å². The van der Waals surface area contributed by atoms with E-state index in [0.717, 1.165) is 0 Å². The highest BCUT2D eigenvalue weighted by molar-refractivity contribution is 6.00. The molecule has 0 saturated carbocycles. The fourth-order valence-corrected chi connectivity index (χ4v) is 2.98. The maximum atomic E-state index is 12.0. The standard InChI is InChI=1S/C19H19N3O4/c1-21(2)9-8-12-6-7-13(10-16(12)22(25)26)15-11-20-19(24)14-4-3-5-17(23)18(14)15/h3-7,10-11,23H,8-9H2,1-2H3,(H,20,24). The number of phenolic OH excluding ortho intramolecular Hbond substituents is 1. The Labute approximate surface area is 149 Å². The highest BCUT2D eigenvalue weighted by Crippen LogP contribution is 2.35. The lowest BCUT2D eigenvalue weighted by atomic mass is 9.97. The van der Waals surface area contributed by atoms with Gasteiger partial charge in [0.2, 0.25) is 0 Å². The van der Waals surface area contributed by atoms with E-state index in [1.807, 2.05) is 19.0 Å². The molecule has 2 aromatic carbocycles. The first-order valence-corrected chi connectivity index (χ1v) is 8.14. The first-order chi connectivity index (χ1) is 12.4. The Hall–Kier alpha value is -3.19. The van der Waals surface area contributed by atoms with Gasteiger partial charge < -0.3 is 15.0 Å². The molecule has 7 heteroatoms. The summed E-state index contributed by atoms with van der Waals surface area (Å²) in [6, 6.07) is 9.68. The van der Waals surface area contributed by atoms with Crippen molar-refractivity contribution in [3.8, 4) is 16.9 Å². The van der Waals surface area contributed by atoms with Gasteiger partial charge in [-0.3, -0.25) is 14.9 Å². The van der Waals surface area contributed by atoms with Crippen LogP contribution < -0.4 is 5.56 Å². The molecule has 134 valence electrons. The number of nitro groups is 1. The van der Waals surface area contributed by atoms with Gasteiger partial charge in [-0.15, -0.1) is 0 Å². The van der Waals surface area contributed by atoms with Crippen LogP contribution in [0.2, 0.25) is 0 Å². The number of phenols is 1. The summed E-state index contributed by atoms with van der Waals surface area (Å²) in [5, 5.41) is 22.5. The molecular weight excluding hydrogens is 334 g/mol. The van der Waals surface area contributed by atoms with Crippen molar-refractivity contribution >= 4 is 16.5 Å². The summed E-state index contributed by atoms with van der Waals surface area (Å²) in [7, 11) is 3.82. The fourth-order valence-electron chi connectivity index (χ4n) is 2.98. The third-order valence-corrected chi connectivity index (χ3v) is 4.33. The number of H-pyrrole nitrogens is 1. The summed E-state index contributed by atoms with van der Waals surface area (Å²) in [6.45, 7) is 0.697. The lowest BCUT2D eigenvalue weighted by molar-refractivity contribution is -0.385. The number of nitro benzene ring substituents is 1. The SMILES string of the molecule is CN(C)CCc1ccc(-c2c[nH]c(=O)c3cccc(O)c23)cc1[N+](=O)[O-]. The van der Waals surface area contributed by atoms with Gasteiger partial charge >= 0.3 is 0 Å². The number of pyridine rings is 1. The molecule has 0 aliphatic rings. The predicted molar refractivity (Wildman–Crippen MR) is 101 cm³/mol. The quantitative estimate of drug-likeness (QED) is 0.543. The Morgan fingerprint density at radius 1 is 1.23 bits per heavy atom. The Bertz CT molecular complexity index is 1040. The molecule has 0 amide bonds. The summed E-state index contributed by atoms with van der Waals surface area (Å²) in [6.07, 6.45) is 2.03. The smallest absolute Gasteiger partial charge is 0.273 e. The van der Waals surface area contributed by atoms with Gasteiger partial charge in [-0.2, -0.15) is 0 Å².